The standard InChI is InChI=1S/C8H8N4OS/c14-8-11-10-7(5-3-9-13-4-5)12(8)6-1-2-6/h3-4,6H,1-2H2,(H,11,14). The van der Waals surface area contributed by atoms with E-state index in [1.165, 1.54) is 12.8 Å². The van der Waals surface area contributed by atoms with Crippen molar-refractivity contribution in [2.24, 2.45) is 0 Å². The molecule has 3 rings (SSSR count). The molecule has 2 aromatic heterocycles. The molecule has 0 unspecified atom stereocenters. The van der Waals surface area contributed by atoms with Crippen LogP contribution in [0, 0.1) is 4.77 Å². The lowest BCUT2D eigenvalue weighted by Gasteiger charge is -2.00. The Labute approximate surface area is 84.7 Å². The second kappa shape index (κ2) is 2.78. The van der Waals surface area contributed by atoms with Crippen LogP contribution in [0.15, 0.2) is 17.0 Å². The maximum absolute atomic E-state index is 5.16. The lowest BCUT2D eigenvalue weighted by molar-refractivity contribution is 0.420. The highest BCUT2D eigenvalue weighted by molar-refractivity contribution is 7.71. The predicted molar refractivity (Wildman–Crippen MR) is 51.2 cm³/mol. The SMILES string of the molecule is S=c1[nH]nc(-c2cnoc2)n1C1CC1. The van der Waals surface area contributed by atoms with E-state index in [-0.39, 0.29) is 0 Å². The Bertz CT molecular complexity index is 494. The third-order valence-electron chi connectivity index (χ3n) is 2.31. The molecule has 5 nitrogen and oxygen atoms in total. The minimum Gasteiger partial charge on any atom is -0.364 e. The van der Waals surface area contributed by atoms with Gasteiger partial charge in [-0.3, -0.25) is 9.67 Å². The van der Waals surface area contributed by atoms with Crippen molar-refractivity contribution in [3.05, 3.63) is 17.2 Å². The van der Waals surface area contributed by atoms with Gasteiger partial charge >= 0.3 is 0 Å². The topological polar surface area (TPSA) is 59.6 Å². The van der Waals surface area contributed by atoms with Crippen LogP contribution in [0.4, 0.5) is 0 Å². The lowest BCUT2D eigenvalue weighted by Crippen LogP contribution is -1.96. The number of H-pyrrole nitrogens is 1. The molecule has 1 fully saturated rings. The van der Waals surface area contributed by atoms with Gasteiger partial charge in [0.2, 0.25) is 0 Å². The number of nitrogens with one attached hydrogen (secondary N) is 1. The molecule has 0 amide bonds. The highest BCUT2D eigenvalue weighted by Gasteiger charge is 2.28. The van der Waals surface area contributed by atoms with Crippen LogP contribution in [0.2, 0.25) is 0 Å². The molecular weight excluding hydrogens is 200 g/mol. The molecular formula is C8H8N4OS. The van der Waals surface area contributed by atoms with Gasteiger partial charge < -0.3 is 4.52 Å². The fraction of sp³-hybridized carbons (Fsp3) is 0.375. The number of aromatic nitrogens is 4. The van der Waals surface area contributed by atoms with E-state index < -0.39 is 0 Å². The van der Waals surface area contributed by atoms with Gasteiger partial charge in [-0.05, 0) is 25.1 Å². The van der Waals surface area contributed by atoms with E-state index >= 15 is 0 Å². The third-order valence-corrected chi connectivity index (χ3v) is 2.59. The average Bonchev–Trinajstić information content (AvgIpc) is 2.75. The Morgan fingerprint density at radius 3 is 3.07 bits per heavy atom. The highest BCUT2D eigenvalue weighted by atomic mass is 32.1. The minimum atomic E-state index is 0.506. The number of nitrogens with zero attached hydrogens (tertiary/aromatic N) is 3. The molecule has 72 valence electrons. The molecule has 0 radical (unpaired) electrons. The number of rotatable bonds is 2. The summed E-state index contributed by atoms with van der Waals surface area (Å²) in [4.78, 5) is 0. The predicted octanol–water partition coefficient (Wildman–Crippen LogP) is 1.93. The van der Waals surface area contributed by atoms with Crippen molar-refractivity contribution in [2.45, 2.75) is 18.9 Å². The monoisotopic (exact) mass is 208 g/mol. The summed E-state index contributed by atoms with van der Waals surface area (Å²) in [5, 5.41) is 10.6. The quantitative estimate of drug-likeness (QED) is 0.766. The van der Waals surface area contributed by atoms with Crippen LogP contribution in [-0.2, 0) is 0 Å². The van der Waals surface area contributed by atoms with Gasteiger partial charge in [0.15, 0.2) is 10.6 Å². The Morgan fingerprint density at radius 1 is 1.57 bits per heavy atom. The molecule has 0 spiro atoms. The van der Waals surface area contributed by atoms with E-state index in [0.29, 0.717) is 10.8 Å². The van der Waals surface area contributed by atoms with Crippen LogP contribution in [0.1, 0.15) is 18.9 Å². The zero-order valence-electron chi connectivity index (χ0n) is 7.30. The first-order valence-electron chi connectivity index (χ1n) is 4.43. The highest BCUT2D eigenvalue weighted by Crippen LogP contribution is 2.37. The largest absolute Gasteiger partial charge is 0.364 e. The summed E-state index contributed by atoms with van der Waals surface area (Å²) >= 11 is 5.16. The molecule has 2 aromatic rings. The molecule has 1 saturated carbocycles. The summed E-state index contributed by atoms with van der Waals surface area (Å²) in [5.74, 6) is 0.818. The molecule has 6 heteroatoms. The van der Waals surface area contributed by atoms with Crippen molar-refractivity contribution in [1.29, 1.82) is 0 Å². The third kappa shape index (κ3) is 1.11. The molecule has 1 aliphatic carbocycles. The fourth-order valence-corrected chi connectivity index (χ4v) is 1.78. The maximum atomic E-state index is 5.16. The van der Waals surface area contributed by atoms with Crippen LogP contribution in [0.3, 0.4) is 0 Å². The zero-order valence-corrected chi connectivity index (χ0v) is 8.12. The minimum absolute atomic E-state index is 0.506. The normalized spacial score (nSPS) is 16.0. The van der Waals surface area contributed by atoms with Crippen molar-refractivity contribution >= 4 is 12.2 Å². The van der Waals surface area contributed by atoms with Gasteiger partial charge in [0.1, 0.15) is 6.26 Å². The number of aromatic amines is 1. The van der Waals surface area contributed by atoms with E-state index in [0.717, 1.165) is 11.4 Å². The van der Waals surface area contributed by atoms with Crippen molar-refractivity contribution in [3.63, 3.8) is 0 Å². The van der Waals surface area contributed by atoms with Crippen LogP contribution < -0.4 is 0 Å². The van der Waals surface area contributed by atoms with E-state index in [2.05, 4.69) is 15.4 Å². The van der Waals surface area contributed by atoms with E-state index in [1.54, 1.807) is 12.5 Å². The molecule has 14 heavy (non-hydrogen) atoms. The summed E-state index contributed by atoms with van der Waals surface area (Å²) in [5.41, 5.74) is 0.865. The smallest absolute Gasteiger partial charge is 0.195 e. The van der Waals surface area contributed by atoms with Gasteiger partial charge in [-0.15, -0.1) is 0 Å². The Balaban J connectivity index is 2.18. The average molecular weight is 208 g/mol. The van der Waals surface area contributed by atoms with Crippen molar-refractivity contribution < 1.29 is 4.52 Å². The fourth-order valence-electron chi connectivity index (χ4n) is 1.50. The maximum Gasteiger partial charge on any atom is 0.195 e. The van der Waals surface area contributed by atoms with Crippen molar-refractivity contribution in [1.82, 2.24) is 19.9 Å². The Kier molecular flexibility index (Phi) is 1.57. The van der Waals surface area contributed by atoms with E-state index in [1.807, 2.05) is 4.57 Å². The van der Waals surface area contributed by atoms with Crippen LogP contribution in [-0.4, -0.2) is 19.9 Å². The van der Waals surface area contributed by atoms with Crippen LogP contribution >= 0.6 is 12.2 Å². The first-order chi connectivity index (χ1) is 6.86. The van der Waals surface area contributed by atoms with Gasteiger partial charge in [-0.1, -0.05) is 5.16 Å². The molecule has 2 heterocycles. The molecule has 0 aliphatic heterocycles. The van der Waals surface area contributed by atoms with Crippen molar-refractivity contribution in [3.8, 4) is 11.4 Å². The first-order valence-corrected chi connectivity index (χ1v) is 4.84. The van der Waals surface area contributed by atoms with Gasteiger partial charge in [-0.2, -0.15) is 5.10 Å². The van der Waals surface area contributed by atoms with E-state index in [4.69, 9.17) is 16.7 Å². The summed E-state index contributed by atoms with van der Waals surface area (Å²) in [6, 6.07) is 0.506. The molecule has 0 aromatic carbocycles. The summed E-state index contributed by atoms with van der Waals surface area (Å²) < 4.78 is 7.48. The summed E-state index contributed by atoms with van der Waals surface area (Å²) in [7, 11) is 0. The molecule has 0 atom stereocenters. The Morgan fingerprint density at radius 2 is 2.43 bits per heavy atom. The van der Waals surface area contributed by atoms with Crippen LogP contribution in [0.5, 0.6) is 0 Å². The first kappa shape index (κ1) is 7.93. The molecule has 0 bridgehead atoms. The summed E-state index contributed by atoms with van der Waals surface area (Å²) in [6.45, 7) is 0. The van der Waals surface area contributed by atoms with Gasteiger partial charge in [0, 0.05) is 6.04 Å². The second-order valence-corrected chi connectivity index (χ2v) is 3.75. The second-order valence-electron chi connectivity index (χ2n) is 3.37. The molecule has 1 aliphatic rings. The van der Waals surface area contributed by atoms with Crippen LogP contribution in [0.25, 0.3) is 11.4 Å². The van der Waals surface area contributed by atoms with Gasteiger partial charge in [0.25, 0.3) is 0 Å². The van der Waals surface area contributed by atoms with Gasteiger partial charge in [0.05, 0.1) is 11.8 Å². The van der Waals surface area contributed by atoms with Gasteiger partial charge in [-0.25, -0.2) is 0 Å². The number of hydrogen-bond acceptors (Lipinski definition) is 4. The van der Waals surface area contributed by atoms with Crippen molar-refractivity contribution in [2.75, 3.05) is 0 Å². The molecule has 0 saturated heterocycles. The summed E-state index contributed by atoms with van der Waals surface area (Å²) in [6.07, 6.45) is 5.56. The van der Waals surface area contributed by atoms with E-state index in [9.17, 15) is 0 Å². The molecule has 1 N–H and O–H groups in total. The zero-order chi connectivity index (χ0) is 9.54. The lowest BCUT2D eigenvalue weighted by atomic mass is 10.3. The number of hydrogen-bond donors (Lipinski definition) is 1. The Hall–Kier alpha value is -1.43.